The van der Waals surface area contributed by atoms with Crippen molar-refractivity contribution in [3.05, 3.63) is 54.4 Å². The fourth-order valence-corrected chi connectivity index (χ4v) is 2.49. The highest BCUT2D eigenvalue weighted by atomic mass is 16.4. The third-order valence-electron chi connectivity index (χ3n) is 3.49. The fraction of sp³-hybridized carbons (Fsp3) is 0.0625. The number of fused-ring (bicyclic) bond motifs is 2. The maximum Gasteiger partial charge on any atom is 0.314 e. The van der Waals surface area contributed by atoms with Gasteiger partial charge in [-0.25, -0.2) is 4.98 Å². The summed E-state index contributed by atoms with van der Waals surface area (Å²) in [4.78, 5) is 30.0. The maximum atomic E-state index is 12.7. The Bertz CT molecular complexity index is 867. The Hall–Kier alpha value is -3.15. The van der Waals surface area contributed by atoms with Gasteiger partial charge in [-0.05, 0) is 24.3 Å². The number of rotatable bonds is 1. The Morgan fingerprint density at radius 3 is 2.77 bits per heavy atom. The van der Waals surface area contributed by atoms with Crippen molar-refractivity contribution >= 4 is 34.3 Å². The first-order chi connectivity index (χ1) is 10.7. The maximum absolute atomic E-state index is 12.7. The molecule has 0 saturated carbocycles. The molecule has 0 atom stereocenters. The van der Waals surface area contributed by atoms with Crippen LogP contribution in [-0.2, 0) is 4.79 Å². The molecule has 4 rings (SSSR count). The molecule has 2 heterocycles. The molecule has 22 heavy (non-hydrogen) atoms. The average Bonchev–Trinajstić information content (AvgIpc) is 2.97. The molecule has 0 saturated heterocycles. The smallest absolute Gasteiger partial charge is 0.314 e. The molecule has 2 amide bonds. The first-order valence-electron chi connectivity index (χ1n) is 6.79. The summed E-state index contributed by atoms with van der Waals surface area (Å²) in [5.41, 5.74) is 2.39. The molecule has 1 aliphatic heterocycles. The number of hydrogen-bond donors (Lipinski definition) is 1. The van der Waals surface area contributed by atoms with Gasteiger partial charge >= 0.3 is 5.91 Å². The van der Waals surface area contributed by atoms with E-state index in [9.17, 15) is 9.59 Å². The number of hydrogen-bond acceptors (Lipinski definition) is 4. The molecule has 0 spiro atoms. The van der Waals surface area contributed by atoms with Crippen LogP contribution in [0.4, 0.5) is 11.4 Å². The van der Waals surface area contributed by atoms with Crippen LogP contribution in [0.2, 0.25) is 0 Å². The van der Waals surface area contributed by atoms with E-state index >= 15 is 0 Å². The highest BCUT2D eigenvalue weighted by Crippen LogP contribution is 2.30. The van der Waals surface area contributed by atoms with Gasteiger partial charge in [0.1, 0.15) is 12.1 Å². The van der Waals surface area contributed by atoms with E-state index in [0.717, 1.165) is 0 Å². The van der Waals surface area contributed by atoms with Crippen molar-refractivity contribution in [3.63, 3.8) is 0 Å². The number of aromatic nitrogens is 1. The van der Waals surface area contributed by atoms with Crippen molar-refractivity contribution in [3.8, 4) is 0 Å². The molecule has 1 aromatic heterocycles. The molecule has 3 aromatic rings. The predicted octanol–water partition coefficient (Wildman–Crippen LogP) is 2.43. The topological polar surface area (TPSA) is 75.4 Å². The summed E-state index contributed by atoms with van der Waals surface area (Å²) < 4.78 is 5.50. The second-order valence-electron chi connectivity index (χ2n) is 4.94. The van der Waals surface area contributed by atoms with Crippen molar-refractivity contribution < 1.29 is 14.0 Å². The molecule has 1 aliphatic rings. The van der Waals surface area contributed by atoms with Crippen LogP contribution in [0, 0.1) is 0 Å². The lowest BCUT2D eigenvalue weighted by Crippen LogP contribution is -2.42. The Balaban J connectivity index is 1.78. The number of nitrogens with one attached hydrogen (secondary N) is 1. The van der Waals surface area contributed by atoms with Gasteiger partial charge in [0.15, 0.2) is 5.58 Å². The molecule has 2 aromatic carbocycles. The molecule has 0 bridgehead atoms. The molecular weight excluding hydrogens is 282 g/mol. The monoisotopic (exact) mass is 293 g/mol. The number of carbonyl (C=O) groups excluding carboxylic acids is 2. The Morgan fingerprint density at radius 1 is 1.14 bits per heavy atom. The van der Waals surface area contributed by atoms with Gasteiger partial charge in [0.05, 0.1) is 11.4 Å². The molecule has 6 heteroatoms. The van der Waals surface area contributed by atoms with Gasteiger partial charge in [0.25, 0.3) is 5.89 Å². The second kappa shape index (κ2) is 4.70. The Kier molecular flexibility index (Phi) is 2.69. The van der Waals surface area contributed by atoms with Crippen LogP contribution in [-0.4, -0.2) is 23.3 Å². The highest BCUT2D eigenvalue weighted by molar-refractivity contribution is 6.14. The Labute approximate surface area is 125 Å². The number of amides is 2. The van der Waals surface area contributed by atoms with E-state index < -0.39 is 5.91 Å². The second-order valence-corrected chi connectivity index (χ2v) is 4.94. The summed E-state index contributed by atoms with van der Waals surface area (Å²) in [7, 11) is 0. The van der Waals surface area contributed by atoms with Crippen LogP contribution >= 0.6 is 0 Å². The molecule has 0 unspecified atom stereocenters. The van der Waals surface area contributed by atoms with E-state index in [2.05, 4.69) is 10.3 Å². The van der Waals surface area contributed by atoms with Gasteiger partial charge in [-0.3, -0.25) is 14.5 Å². The van der Waals surface area contributed by atoms with Crippen LogP contribution in [0.1, 0.15) is 10.7 Å². The zero-order valence-corrected chi connectivity index (χ0v) is 11.4. The number of oxazole rings is 1. The number of carbonyl (C=O) groups is 2. The van der Waals surface area contributed by atoms with Gasteiger partial charge in [0.2, 0.25) is 5.91 Å². The lowest BCUT2D eigenvalue weighted by atomic mass is 10.2. The van der Waals surface area contributed by atoms with Gasteiger partial charge in [-0.1, -0.05) is 24.3 Å². The largest absolute Gasteiger partial charge is 0.432 e. The number of para-hydroxylation sites is 4. The number of anilines is 2. The molecular formula is C16H11N3O3. The van der Waals surface area contributed by atoms with Crippen LogP contribution < -0.4 is 10.2 Å². The first kappa shape index (κ1) is 12.6. The van der Waals surface area contributed by atoms with Crippen LogP contribution in [0.25, 0.3) is 11.1 Å². The lowest BCUT2D eigenvalue weighted by Gasteiger charge is -2.27. The van der Waals surface area contributed by atoms with Gasteiger partial charge in [-0.15, -0.1) is 0 Å². The quantitative estimate of drug-likeness (QED) is 0.747. The van der Waals surface area contributed by atoms with E-state index in [0.29, 0.717) is 22.5 Å². The van der Waals surface area contributed by atoms with Crippen molar-refractivity contribution in [2.45, 2.75) is 0 Å². The minimum atomic E-state index is -0.432. The normalized spacial score (nSPS) is 13.8. The SMILES string of the molecule is O=C1CN(C(=O)c2nc3ccccc3o2)c2ccccc2N1. The molecule has 108 valence electrons. The summed E-state index contributed by atoms with van der Waals surface area (Å²) in [6, 6.07) is 14.3. The van der Waals surface area contributed by atoms with Crippen LogP contribution in [0.5, 0.6) is 0 Å². The molecule has 0 aliphatic carbocycles. The summed E-state index contributed by atoms with van der Waals surface area (Å²) in [5.74, 6) is -0.702. The van der Waals surface area contributed by atoms with Crippen molar-refractivity contribution in [2.75, 3.05) is 16.8 Å². The minimum Gasteiger partial charge on any atom is -0.432 e. The molecule has 6 nitrogen and oxygen atoms in total. The zero-order valence-electron chi connectivity index (χ0n) is 11.4. The van der Waals surface area contributed by atoms with Crippen LogP contribution in [0.15, 0.2) is 52.9 Å². The highest BCUT2D eigenvalue weighted by Gasteiger charge is 2.30. The summed E-state index contributed by atoms with van der Waals surface area (Å²) >= 11 is 0. The number of nitrogens with zero attached hydrogens (tertiary/aromatic N) is 2. The third-order valence-corrected chi connectivity index (χ3v) is 3.49. The third kappa shape index (κ3) is 1.93. The van der Waals surface area contributed by atoms with E-state index in [1.54, 1.807) is 30.3 Å². The number of benzene rings is 2. The van der Waals surface area contributed by atoms with Gasteiger partial charge in [0, 0.05) is 0 Å². The summed E-state index contributed by atoms with van der Waals surface area (Å²) in [6.45, 7) is -0.0609. The van der Waals surface area contributed by atoms with Crippen molar-refractivity contribution in [1.29, 1.82) is 0 Å². The van der Waals surface area contributed by atoms with E-state index in [1.807, 2.05) is 18.2 Å². The van der Waals surface area contributed by atoms with Crippen LogP contribution in [0.3, 0.4) is 0 Å². The van der Waals surface area contributed by atoms with E-state index in [-0.39, 0.29) is 18.3 Å². The average molecular weight is 293 g/mol. The Morgan fingerprint density at radius 2 is 1.91 bits per heavy atom. The van der Waals surface area contributed by atoms with Crippen molar-refractivity contribution in [1.82, 2.24) is 4.98 Å². The summed E-state index contributed by atoms with van der Waals surface area (Å²) in [6.07, 6.45) is 0. The fourth-order valence-electron chi connectivity index (χ4n) is 2.49. The first-order valence-corrected chi connectivity index (χ1v) is 6.79. The lowest BCUT2D eigenvalue weighted by molar-refractivity contribution is -0.115. The zero-order chi connectivity index (χ0) is 15.1. The summed E-state index contributed by atoms with van der Waals surface area (Å²) in [5, 5.41) is 2.74. The van der Waals surface area contributed by atoms with Gasteiger partial charge in [-0.2, -0.15) is 0 Å². The predicted molar refractivity (Wildman–Crippen MR) is 80.8 cm³/mol. The van der Waals surface area contributed by atoms with E-state index in [4.69, 9.17) is 4.42 Å². The molecule has 0 fully saturated rings. The molecule has 1 N–H and O–H groups in total. The standard InChI is InChI=1S/C16H11N3O3/c20-14-9-19(12-7-3-1-5-10(12)17-14)16(21)15-18-11-6-2-4-8-13(11)22-15/h1-8H,9H2,(H,17,20). The minimum absolute atomic E-state index is 0.0225. The molecule has 0 radical (unpaired) electrons. The van der Waals surface area contributed by atoms with Crippen molar-refractivity contribution in [2.24, 2.45) is 0 Å². The van der Waals surface area contributed by atoms with E-state index in [1.165, 1.54) is 4.90 Å². The van der Waals surface area contributed by atoms with Gasteiger partial charge < -0.3 is 9.73 Å².